The fourth-order valence-corrected chi connectivity index (χ4v) is 3.08. The van der Waals surface area contributed by atoms with E-state index in [0.29, 0.717) is 16.8 Å². The molecule has 0 spiro atoms. The molecule has 0 heterocycles. The predicted molar refractivity (Wildman–Crippen MR) is 90.4 cm³/mol. The van der Waals surface area contributed by atoms with Crippen LogP contribution in [-0.4, -0.2) is 15.9 Å². The van der Waals surface area contributed by atoms with Gasteiger partial charge in [0.2, 0.25) is 5.91 Å². The van der Waals surface area contributed by atoms with Gasteiger partial charge in [-0.15, -0.1) is 0 Å². The summed E-state index contributed by atoms with van der Waals surface area (Å²) in [6.45, 7) is 0. The summed E-state index contributed by atoms with van der Waals surface area (Å²) < 4.78 is 37.3. The molecule has 1 N–H and O–H groups in total. The highest BCUT2D eigenvalue weighted by molar-refractivity contribution is 7.84. The maximum absolute atomic E-state index is 12.6. The number of hydrogen-bond donors (Lipinski definition) is 1. The minimum absolute atomic E-state index is 0. The van der Waals surface area contributed by atoms with Crippen LogP contribution >= 0.6 is 0 Å². The largest absolute Gasteiger partial charge is 0.325 e. The van der Waals surface area contributed by atoms with E-state index in [2.05, 4.69) is 5.32 Å². The molecule has 25 heavy (non-hydrogen) atoms. The fraction of sp³-hybridized carbons (Fsp3) is 0.176. The van der Waals surface area contributed by atoms with Crippen molar-refractivity contribution in [3.63, 3.8) is 0 Å². The maximum atomic E-state index is 12.6. The quantitative estimate of drug-likeness (QED) is 0.848. The lowest BCUT2D eigenvalue weighted by Gasteiger charge is -2.07. The fourth-order valence-electron chi connectivity index (χ4n) is 2.07. The van der Waals surface area contributed by atoms with Gasteiger partial charge < -0.3 is 5.32 Å². The molecule has 0 aliphatic rings. The summed E-state index contributed by atoms with van der Waals surface area (Å²) in [6, 6.07) is 14.0. The van der Waals surface area contributed by atoms with Gasteiger partial charge in [0.25, 0.3) is 6.43 Å². The lowest BCUT2D eigenvalue weighted by atomic mass is 10.1. The molecular formula is C17H15F3N2O2S. The predicted octanol–water partition coefficient (Wildman–Crippen LogP) is 3.54. The average molecular weight is 368 g/mol. The lowest BCUT2D eigenvalue weighted by molar-refractivity contribution is -0.113. The van der Waals surface area contributed by atoms with Crippen molar-refractivity contribution in [1.29, 1.82) is 5.26 Å². The SMILES string of the molecule is F.N#Cc1cccc(NC(=O)CS(=O)Cc2cccc(C(F)F)c2)c1. The molecular weight excluding hydrogens is 353 g/mol. The van der Waals surface area contributed by atoms with Gasteiger partial charge in [-0.1, -0.05) is 24.3 Å². The third kappa shape index (κ3) is 6.39. The van der Waals surface area contributed by atoms with E-state index < -0.39 is 23.1 Å². The van der Waals surface area contributed by atoms with Crippen LogP contribution in [0.4, 0.5) is 19.2 Å². The number of alkyl halides is 2. The van der Waals surface area contributed by atoms with Gasteiger partial charge in [0.1, 0.15) is 5.75 Å². The molecule has 0 fully saturated rings. The molecule has 0 radical (unpaired) electrons. The Balaban J connectivity index is 0.00000312. The Morgan fingerprint density at radius 3 is 2.60 bits per heavy atom. The minimum atomic E-state index is -2.59. The summed E-state index contributed by atoms with van der Waals surface area (Å²) in [5.74, 6) is -0.699. The van der Waals surface area contributed by atoms with Gasteiger partial charge in [-0.3, -0.25) is 13.7 Å². The Kier molecular flexibility index (Phi) is 7.82. The first-order valence-corrected chi connectivity index (χ1v) is 8.48. The van der Waals surface area contributed by atoms with Gasteiger partial charge in [-0.2, -0.15) is 5.26 Å². The molecule has 0 aromatic heterocycles. The van der Waals surface area contributed by atoms with Crippen LogP contribution in [0.5, 0.6) is 0 Å². The molecule has 2 aromatic carbocycles. The minimum Gasteiger partial charge on any atom is -0.325 e. The van der Waals surface area contributed by atoms with E-state index in [-0.39, 0.29) is 21.8 Å². The number of benzene rings is 2. The van der Waals surface area contributed by atoms with Gasteiger partial charge in [-0.25, -0.2) is 8.78 Å². The van der Waals surface area contributed by atoms with Gasteiger partial charge in [0.05, 0.1) is 11.6 Å². The number of nitrogens with zero attached hydrogens (tertiary/aromatic N) is 1. The standard InChI is InChI=1S/C17H14F2N2O2S.FH/c18-17(19)14-5-1-4-13(7-14)10-24(23)11-16(22)21-15-6-2-3-12(8-15)9-20;/h1-8,17H,10-11H2,(H,21,22);1H. The van der Waals surface area contributed by atoms with Crippen molar-refractivity contribution in [2.24, 2.45) is 0 Å². The summed E-state index contributed by atoms with van der Waals surface area (Å²) in [5, 5.41) is 11.4. The second kappa shape index (κ2) is 9.59. The summed E-state index contributed by atoms with van der Waals surface area (Å²) in [6.07, 6.45) is -2.59. The number of nitriles is 1. The van der Waals surface area contributed by atoms with Gasteiger partial charge in [0.15, 0.2) is 0 Å². The molecule has 1 unspecified atom stereocenters. The Hall–Kier alpha value is -2.66. The molecule has 1 amide bonds. The summed E-state index contributed by atoms with van der Waals surface area (Å²) in [5.41, 5.74) is 1.20. The highest BCUT2D eigenvalue weighted by atomic mass is 32.2. The summed E-state index contributed by atoms with van der Waals surface area (Å²) in [4.78, 5) is 11.9. The Labute approximate surface area is 145 Å². The van der Waals surface area contributed by atoms with Crippen LogP contribution in [0, 0.1) is 11.3 Å². The Morgan fingerprint density at radius 2 is 1.92 bits per heavy atom. The Morgan fingerprint density at radius 1 is 1.20 bits per heavy atom. The number of carbonyl (C=O) groups excluding carboxylic acids is 1. The van der Waals surface area contributed by atoms with Crippen LogP contribution < -0.4 is 5.32 Å². The molecule has 2 aromatic rings. The number of hydrogen-bond acceptors (Lipinski definition) is 3. The Bertz CT molecular complexity index is 806. The normalized spacial score (nSPS) is 11.3. The van der Waals surface area contributed by atoms with E-state index in [9.17, 15) is 17.8 Å². The number of nitrogens with one attached hydrogen (secondary N) is 1. The van der Waals surface area contributed by atoms with E-state index in [4.69, 9.17) is 5.26 Å². The molecule has 4 nitrogen and oxygen atoms in total. The molecule has 0 saturated carbocycles. The number of carbonyl (C=O) groups is 1. The van der Waals surface area contributed by atoms with Crippen molar-refractivity contribution in [3.05, 3.63) is 65.2 Å². The van der Waals surface area contributed by atoms with Crippen molar-refractivity contribution in [1.82, 2.24) is 0 Å². The van der Waals surface area contributed by atoms with Gasteiger partial charge >= 0.3 is 0 Å². The van der Waals surface area contributed by atoms with Crippen LogP contribution in [0.2, 0.25) is 0 Å². The van der Waals surface area contributed by atoms with Crippen LogP contribution in [0.15, 0.2) is 48.5 Å². The zero-order chi connectivity index (χ0) is 17.5. The van der Waals surface area contributed by atoms with Crippen molar-refractivity contribution in [3.8, 4) is 6.07 Å². The highest BCUT2D eigenvalue weighted by Crippen LogP contribution is 2.20. The van der Waals surface area contributed by atoms with E-state index in [1.54, 1.807) is 24.3 Å². The zero-order valence-electron chi connectivity index (χ0n) is 12.9. The van der Waals surface area contributed by atoms with Gasteiger partial charge in [0, 0.05) is 27.8 Å². The molecule has 0 saturated heterocycles. The van der Waals surface area contributed by atoms with Crippen molar-refractivity contribution in [2.75, 3.05) is 11.1 Å². The van der Waals surface area contributed by atoms with Crippen LogP contribution in [0.1, 0.15) is 23.1 Å². The first-order valence-electron chi connectivity index (χ1n) is 7.00. The molecule has 2 rings (SSSR count). The smallest absolute Gasteiger partial charge is 0.263 e. The molecule has 0 aliphatic carbocycles. The molecule has 8 heteroatoms. The summed E-state index contributed by atoms with van der Waals surface area (Å²) >= 11 is 0. The van der Waals surface area contributed by atoms with E-state index in [0.717, 1.165) is 0 Å². The van der Waals surface area contributed by atoms with Crippen LogP contribution in [0.25, 0.3) is 0 Å². The monoisotopic (exact) mass is 368 g/mol. The number of rotatable bonds is 6. The average Bonchev–Trinajstić information content (AvgIpc) is 2.54. The zero-order valence-corrected chi connectivity index (χ0v) is 13.8. The third-order valence-electron chi connectivity index (χ3n) is 3.10. The second-order valence-electron chi connectivity index (χ2n) is 5.02. The van der Waals surface area contributed by atoms with Crippen LogP contribution in [0.3, 0.4) is 0 Å². The third-order valence-corrected chi connectivity index (χ3v) is 4.34. The second-order valence-corrected chi connectivity index (χ2v) is 6.47. The molecule has 0 bridgehead atoms. The maximum Gasteiger partial charge on any atom is 0.263 e. The topological polar surface area (TPSA) is 70.0 Å². The van der Waals surface area contributed by atoms with Crippen molar-refractivity contribution < 1.29 is 22.5 Å². The van der Waals surface area contributed by atoms with E-state index in [1.807, 2.05) is 6.07 Å². The first kappa shape index (κ1) is 20.4. The van der Waals surface area contributed by atoms with E-state index >= 15 is 0 Å². The number of anilines is 1. The lowest BCUT2D eigenvalue weighted by Crippen LogP contribution is -2.20. The van der Waals surface area contributed by atoms with Crippen LogP contribution in [-0.2, 0) is 21.3 Å². The molecule has 1 atom stereocenters. The summed E-state index contributed by atoms with van der Waals surface area (Å²) in [7, 11) is -1.53. The number of amides is 1. The van der Waals surface area contributed by atoms with Crippen molar-refractivity contribution >= 4 is 22.4 Å². The van der Waals surface area contributed by atoms with E-state index in [1.165, 1.54) is 24.3 Å². The van der Waals surface area contributed by atoms with Crippen molar-refractivity contribution in [2.45, 2.75) is 12.2 Å². The highest BCUT2D eigenvalue weighted by Gasteiger charge is 2.12. The molecule has 0 aliphatic heterocycles. The van der Waals surface area contributed by atoms with Gasteiger partial charge in [-0.05, 0) is 29.8 Å². The number of halogens is 3. The molecule has 132 valence electrons. The first-order chi connectivity index (χ1) is 11.5.